The van der Waals surface area contributed by atoms with Crippen LogP contribution in [0.3, 0.4) is 0 Å². The van der Waals surface area contributed by atoms with Gasteiger partial charge in [-0.3, -0.25) is 0 Å². The van der Waals surface area contributed by atoms with Gasteiger partial charge in [0, 0.05) is 6.08 Å². The van der Waals surface area contributed by atoms with Gasteiger partial charge in [-0.1, -0.05) is 95.1 Å². The maximum Gasteiger partial charge on any atom is 0.335 e. The van der Waals surface area contributed by atoms with Gasteiger partial charge in [0.05, 0.1) is 18.8 Å². The van der Waals surface area contributed by atoms with Crippen molar-refractivity contribution in [1.82, 2.24) is 0 Å². The quantitative estimate of drug-likeness (QED) is 0.126. The number of hydrogen-bond donors (Lipinski definition) is 1. The molecular weight excluding hydrogens is 440 g/mol. The van der Waals surface area contributed by atoms with Gasteiger partial charge < -0.3 is 14.6 Å². The highest BCUT2D eigenvalue weighted by molar-refractivity contribution is 5.88. The van der Waals surface area contributed by atoms with E-state index >= 15 is 0 Å². The summed E-state index contributed by atoms with van der Waals surface area (Å²) < 4.78 is 10.8. The molecule has 2 aromatic rings. The summed E-state index contributed by atoms with van der Waals surface area (Å²) in [6, 6.07) is 14.9. The standard InChI is InChI=1S/C30H40O5/c1-2-29(31)35-24-14-12-10-8-6-4-3-5-7-9-11-13-23-34-28-21-19-26(20-22-28)25-15-17-27(18-16-25)30(32)33/h2,15-22H,1,3-14,23-24H2,(H,32,33). The van der Waals surface area contributed by atoms with Crippen molar-refractivity contribution in [1.29, 1.82) is 0 Å². The topological polar surface area (TPSA) is 72.8 Å². The van der Waals surface area contributed by atoms with Gasteiger partial charge in [-0.2, -0.15) is 0 Å². The SMILES string of the molecule is C=CC(=O)OCCCCCCCCCCCCCCOc1ccc(-c2ccc(C(=O)O)cc2)cc1. The van der Waals surface area contributed by atoms with Gasteiger partial charge in [-0.25, -0.2) is 9.59 Å². The summed E-state index contributed by atoms with van der Waals surface area (Å²) in [5.74, 6) is -0.369. The third-order valence-corrected chi connectivity index (χ3v) is 6.04. The molecular formula is C30H40O5. The first kappa shape index (κ1) is 28.2. The van der Waals surface area contributed by atoms with E-state index in [4.69, 9.17) is 14.6 Å². The molecule has 0 unspecified atom stereocenters. The normalized spacial score (nSPS) is 10.6. The van der Waals surface area contributed by atoms with Crippen LogP contribution in [0.1, 0.15) is 87.4 Å². The first-order chi connectivity index (χ1) is 17.1. The minimum atomic E-state index is -0.911. The average Bonchev–Trinajstić information content (AvgIpc) is 2.88. The smallest absolute Gasteiger partial charge is 0.335 e. The van der Waals surface area contributed by atoms with Crippen LogP contribution >= 0.6 is 0 Å². The van der Waals surface area contributed by atoms with E-state index in [1.165, 1.54) is 63.9 Å². The van der Waals surface area contributed by atoms with Crippen molar-refractivity contribution in [3.05, 3.63) is 66.7 Å². The fourth-order valence-corrected chi connectivity index (χ4v) is 3.94. The Balaban J connectivity index is 1.41. The van der Waals surface area contributed by atoms with Crippen molar-refractivity contribution >= 4 is 11.9 Å². The Morgan fingerprint density at radius 3 is 1.54 bits per heavy atom. The maximum absolute atomic E-state index is 11.0. The monoisotopic (exact) mass is 480 g/mol. The lowest BCUT2D eigenvalue weighted by Crippen LogP contribution is -2.01. The number of esters is 1. The van der Waals surface area contributed by atoms with Gasteiger partial charge in [0.1, 0.15) is 5.75 Å². The van der Waals surface area contributed by atoms with Crippen molar-refractivity contribution in [2.75, 3.05) is 13.2 Å². The van der Waals surface area contributed by atoms with Gasteiger partial charge >= 0.3 is 11.9 Å². The number of benzene rings is 2. The van der Waals surface area contributed by atoms with Gasteiger partial charge in [-0.05, 0) is 48.2 Å². The number of carboxylic acids is 1. The Kier molecular flexibility index (Phi) is 14.0. The molecule has 0 heterocycles. The highest BCUT2D eigenvalue weighted by atomic mass is 16.5. The molecule has 0 aliphatic carbocycles. The number of aromatic carboxylic acids is 1. The largest absolute Gasteiger partial charge is 0.494 e. The molecule has 190 valence electrons. The van der Waals surface area contributed by atoms with Crippen molar-refractivity contribution in [2.45, 2.75) is 77.0 Å². The molecule has 0 fully saturated rings. The third-order valence-electron chi connectivity index (χ3n) is 6.04. The van der Waals surface area contributed by atoms with E-state index < -0.39 is 5.97 Å². The van der Waals surface area contributed by atoms with Crippen LogP contribution in [-0.2, 0) is 9.53 Å². The molecule has 0 spiro atoms. The van der Waals surface area contributed by atoms with E-state index in [9.17, 15) is 9.59 Å². The predicted molar refractivity (Wildman–Crippen MR) is 141 cm³/mol. The van der Waals surface area contributed by atoms with Crippen molar-refractivity contribution < 1.29 is 24.2 Å². The molecule has 1 N–H and O–H groups in total. The van der Waals surface area contributed by atoms with E-state index in [-0.39, 0.29) is 5.97 Å². The first-order valence-corrected chi connectivity index (χ1v) is 13.0. The molecule has 35 heavy (non-hydrogen) atoms. The molecule has 5 nitrogen and oxygen atoms in total. The fourth-order valence-electron chi connectivity index (χ4n) is 3.94. The van der Waals surface area contributed by atoms with Crippen molar-refractivity contribution in [3.8, 4) is 16.9 Å². The minimum absolute atomic E-state index is 0.294. The molecule has 0 bridgehead atoms. The molecule has 0 aromatic heterocycles. The van der Waals surface area contributed by atoms with Crippen LogP contribution in [0.4, 0.5) is 0 Å². The molecule has 0 saturated heterocycles. The molecule has 0 radical (unpaired) electrons. The molecule has 0 aliphatic heterocycles. The van der Waals surface area contributed by atoms with Gasteiger partial charge in [0.25, 0.3) is 0 Å². The van der Waals surface area contributed by atoms with Crippen molar-refractivity contribution in [2.24, 2.45) is 0 Å². The maximum atomic E-state index is 11.0. The van der Waals surface area contributed by atoms with Crippen LogP contribution in [0.5, 0.6) is 5.75 Å². The summed E-state index contributed by atoms with van der Waals surface area (Å²) in [5.41, 5.74) is 2.33. The van der Waals surface area contributed by atoms with E-state index in [1.54, 1.807) is 12.1 Å². The minimum Gasteiger partial charge on any atom is -0.494 e. The summed E-state index contributed by atoms with van der Waals surface area (Å²) in [7, 11) is 0. The van der Waals surface area contributed by atoms with Crippen LogP contribution < -0.4 is 4.74 Å². The highest BCUT2D eigenvalue weighted by Crippen LogP contribution is 2.23. The number of carbonyl (C=O) groups excluding carboxylic acids is 1. The van der Waals surface area contributed by atoms with E-state index in [0.717, 1.165) is 42.7 Å². The van der Waals surface area contributed by atoms with E-state index in [0.29, 0.717) is 12.2 Å². The summed E-state index contributed by atoms with van der Waals surface area (Å²) in [5, 5.41) is 9.00. The average molecular weight is 481 g/mol. The summed E-state index contributed by atoms with van der Waals surface area (Å²) in [4.78, 5) is 21.9. The van der Waals surface area contributed by atoms with Crippen LogP contribution in [0.25, 0.3) is 11.1 Å². The Morgan fingerprint density at radius 1 is 0.657 bits per heavy atom. The van der Waals surface area contributed by atoms with Crippen LogP contribution in [0.2, 0.25) is 0 Å². The number of carboxylic acid groups (broad SMARTS) is 1. The summed E-state index contributed by atoms with van der Waals surface area (Å²) in [6.07, 6.45) is 15.8. The number of carbonyl (C=O) groups is 2. The molecule has 0 atom stereocenters. The molecule has 5 heteroatoms. The zero-order chi connectivity index (χ0) is 25.1. The first-order valence-electron chi connectivity index (χ1n) is 13.0. The Hall–Kier alpha value is -3.08. The number of unbranched alkanes of at least 4 members (excludes halogenated alkanes) is 11. The Labute approximate surface area is 210 Å². The second-order valence-corrected chi connectivity index (χ2v) is 8.87. The predicted octanol–water partition coefficient (Wildman–Crippen LogP) is 7.84. The lowest BCUT2D eigenvalue weighted by molar-refractivity contribution is -0.137. The number of hydrogen-bond acceptors (Lipinski definition) is 4. The second-order valence-electron chi connectivity index (χ2n) is 8.87. The fraction of sp³-hybridized carbons (Fsp3) is 0.467. The lowest BCUT2D eigenvalue weighted by Gasteiger charge is -2.08. The Bertz CT molecular complexity index is 871. The van der Waals surface area contributed by atoms with Crippen molar-refractivity contribution in [3.63, 3.8) is 0 Å². The zero-order valence-electron chi connectivity index (χ0n) is 20.9. The summed E-state index contributed by atoms with van der Waals surface area (Å²) >= 11 is 0. The number of ether oxygens (including phenoxy) is 2. The molecule has 0 amide bonds. The van der Waals surface area contributed by atoms with Gasteiger partial charge in [-0.15, -0.1) is 0 Å². The van der Waals surface area contributed by atoms with Crippen LogP contribution in [0.15, 0.2) is 61.2 Å². The van der Waals surface area contributed by atoms with E-state index in [2.05, 4.69) is 6.58 Å². The van der Waals surface area contributed by atoms with Crippen LogP contribution in [-0.4, -0.2) is 30.3 Å². The van der Waals surface area contributed by atoms with Gasteiger partial charge in [0.2, 0.25) is 0 Å². The molecule has 2 aromatic carbocycles. The lowest BCUT2D eigenvalue weighted by atomic mass is 10.0. The highest BCUT2D eigenvalue weighted by Gasteiger charge is 2.04. The zero-order valence-corrected chi connectivity index (χ0v) is 20.9. The molecule has 0 saturated carbocycles. The van der Waals surface area contributed by atoms with E-state index in [1.807, 2.05) is 36.4 Å². The summed E-state index contributed by atoms with van der Waals surface area (Å²) in [6.45, 7) is 4.63. The molecule has 0 aliphatic rings. The Morgan fingerprint density at radius 2 is 1.09 bits per heavy atom. The molecule has 2 rings (SSSR count). The number of rotatable bonds is 19. The second kappa shape index (κ2) is 17.4. The van der Waals surface area contributed by atoms with Crippen LogP contribution in [0, 0.1) is 0 Å². The third kappa shape index (κ3) is 12.3. The van der Waals surface area contributed by atoms with Gasteiger partial charge in [0.15, 0.2) is 0 Å².